The Bertz CT molecular complexity index is 744. The Hall–Kier alpha value is -1.17. The summed E-state index contributed by atoms with van der Waals surface area (Å²) in [5.41, 5.74) is 0.926. The van der Waals surface area contributed by atoms with Crippen molar-refractivity contribution in [2.24, 2.45) is 0 Å². The number of nitrogens with one attached hydrogen (secondary N) is 1. The zero-order chi connectivity index (χ0) is 17.3. The van der Waals surface area contributed by atoms with Gasteiger partial charge in [0.2, 0.25) is 16.3 Å². The number of carbonyl (C=O) groups excluding carboxylic acids is 2. The third-order valence-electron chi connectivity index (χ3n) is 4.11. The van der Waals surface area contributed by atoms with Gasteiger partial charge in [-0.05, 0) is 18.4 Å². The Balaban J connectivity index is 0.00000225. The van der Waals surface area contributed by atoms with Gasteiger partial charge < -0.3 is 14.8 Å². The molecular weight excluding hydrogens is 361 g/mol. The third-order valence-corrected chi connectivity index (χ3v) is 4.45. The van der Waals surface area contributed by atoms with Crippen LogP contribution in [-0.2, 0) is 26.0 Å². The van der Waals surface area contributed by atoms with Crippen molar-refractivity contribution in [1.82, 2.24) is 15.3 Å². The second-order valence-corrected chi connectivity index (χ2v) is 6.66. The number of amides is 3. The summed E-state index contributed by atoms with van der Waals surface area (Å²) < 4.78 is 36.4. The first kappa shape index (κ1) is 20.1. The molecule has 25 heavy (non-hydrogen) atoms. The predicted molar refractivity (Wildman–Crippen MR) is 79.8 cm³/mol. The monoisotopic (exact) mass is 377 g/mol. The van der Waals surface area contributed by atoms with Crippen LogP contribution in [0.1, 0.15) is 18.4 Å². The number of rotatable bonds is 5. The zero-order valence-electron chi connectivity index (χ0n) is 13.6. The van der Waals surface area contributed by atoms with E-state index in [0.29, 0.717) is 24.4 Å². The van der Waals surface area contributed by atoms with Gasteiger partial charge in [-0.15, -0.1) is 0 Å². The Labute approximate surface area is 167 Å². The van der Waals surface area contributed by atoms with Crippen molar-refractivity contribution in [2.75, 3.05) is 6.54 Å². The van der Waals surface area contributed by atoms with Gasteiger partial charge in [0.15, 0.2) is 0 Å². The fourth-order valence-corrected chi connectivity index (χ4v) is 3.39. The fourth-order valence-electron chi connectivity index (χ4n) is 3.00. The van der Waals surface area contributed by atoms with Gasteiger partial charge in [-0.25, -0.2) is 13.2 Å². The Morgan fingerprint density at radius 1 is 1.28 bits per heavy atom. The SMILES string of the molecule is O=C(NCc1ccccc1)[C@H]1CC[C@@H]2CN1C(=O)N2OS(=O)(=O)[O-].[Na+]. The van der Waals surface area contributed by atoms with Gasteiger partial charge in [0.05, 0.1) is 6.04 Å². The molecule has 2 heterocycles. The number of hydrogen-bond acceptors (Lipinski definition) is 6. The van der Waals surface area contributed by atoms with Crippen LogP contribution in [0.5, 0.6) is 0 Å². The van der Waals surface area contributed by atoms with Crippen molar-refractivity contribution >= 4 is 22.3 Å². The summed E-state index contributed by atoms with van der Waals surface area (Å²) >= 11 is 0. The molecule has 3 rings (SSSR count). The minimum absolute atomic E-state index is 0. The van der Waals surface area contributed by atoms with Gasteiger partial charge in [-0.1, -0.05) is 30.3 Å². The summed E-state index contributed by atoms with van der Waals surface area (Å²) in [5.74, 6) is -0.322. The molecule has 0 aromatic heterocycles. The molecule has 1 aromatic carbocycles. The maximum atomic E-state index is 12.4. The summed E-state index contributed by atoms with van der Waals surface area (Å²) in [7, 11) is -5.04. The van der Waals surface area contributed by atoms with E-state index in [1.54, 1.807) is 0 Å². The van der Waals surface area contributed by atoms with Crippen molar-refractivity contribution in [2.45, 2.75) is 31.5 Å². The molecule has 0 spiro atoms. The number of benzene rings is 1. The second-order valence-electron chi connectivity index (χ2n) is 5.69. The summed E-state index contributed by atoms with van der Waals surface area (Å²) in [5, 5.41) is 3.33. The number of nitrogens with zero attached hydrogens (tertiary/aromatic N) is 2. The van der Waals surface area contributed by atoms with Crippen LogP contribution in [0.2, 0.25) is 0 Å². The fraction of sp³-hybridized carbons (Fsp3) is 0.429. The first-order valence-electron chi connectivity index (χ1n) is 7.42. The smallest absolute Gasteiger partial charge is 0.724 e. The van der Waals surface area contributed by atoms with Crippen LogP contribution in [-0.4, -0.2) is 53.5 Å². The van der Waals surface area contributed by atoms with Crippen molar-refractivity contribution in [3.8, 4) is 0 Å². The average molecular weight is 377 g/mol. The first-order chi connectivity index (χ1) is 11.3. The maximum Gasteiger partial charge on any atom is 1.00 e. The normalized spacial score (nSPS) is 22.5. The minimum Gasteiger partial charge on any atom is -0.724 e. The summed E-state index contributed by atoms with van der Waals surface area (Å²) in [6.07, 6.45) is 0.747. The average Bonchev–Trinajstić information content (AvgIpc) is 2.77. The molecule has 9 nitrogen and oxygen atoms in total. The second kappa shape index (κ2) is 8.02. The molecule has 0 unspecified atom stereocenters. The summed E-state index contributed by atoms with van der Waals surface area (Å²) in [4.78, 5) is 25.8. The van der Waals surface area contributed by atoms with Gasteiger partial charge in [0.25, 0.3) is 0 Å². The number of hydrogen-bond donors (Lipinski definition) is 1. The molecular formula is C14H16N3NaO6S. The van der Waals surface area contributed by atoms with Gasteiger partial charge in [0.1, 0.15) is 6.04 Å². The van der Waals surface area contributed by atoms with Crippen LogP contribution in [0.3, 0.4) is 0 Å². The number of piperidine rings is 1. The predicted octanol–water partition coefficient (Wildman–Crippen LogP) is -3.03. The molecule has 0 radical (unpaired) electrons. The molecule has 0 aliphatic carbocycles. The maximum absolute atomic E-state index is 12.4. The minimum atomic E-state index is -5.04. The Kier molecular flexibility index (Phi) is 6.46. The number of carbonyl (C=O) groups is 2. The molecule has 130 valence electrons. The zero-order valence-corrected chi connectivity index (χ0v) is 16.4. The van der Waals surface area contributed by atoms with Crippen molar-refractivity contribution in [3.05, 3.63) is 35.9 Å². The van der Waals surface area contributed by atoms with Gasteiger partial charge in [-0.2, -0.15) is 9.35 Å². The van der Waals surface area contributed by atoms with E-state index in [9.17, 15) is 22.6 Å². The topological polar surface area (TPSA) is 119 Å². The van der Waals surface area contributed by atoms with Crippen LogP contribution in [0.25, 0.3) is 0 Å². The van der Waals surface area contributed by atoms with Gasteiger partial charge in [-0.3, -0.25) is 4.79 Å². The van der Waals surface area contributed by atoms with E-state index in [2.05, 4.69) is 9.60 Å². The van der Waals surface area contributed by atoms with Gasteiger partial charge in [0, 0.05) is 13.1 Å². The molecule has 2 saturated heterocycles. The molecule has 0 saturated carbocycles. The molecule has 3 amide bonds. The molecule has 2 aliphatic heterocycles. The molecule has 1 N–H and O–H groups in total. The van der Waals surface area contributed by atoms with E-state index in [0.717, 1.165) is 5.56 Å². The van der Waals surface area contributed by atoms with Crippen LogP contribution in [0.4, 0.5) is 4.79 Å². The molecule has 2 bridgehead atoms. The Morgan fingerprint density at radius 2 is 1.96 bits per heavy atom. The van der Waals surface area contributed by atoms with E-state index in [1.807, 2.05) is 30.3 Å². The Morgan fingerprint density at radius 3 is 2.60 bits per heavy atom. The molecule has 11 heteroatoms. The first-order valence-corrected chi connectivity index (χ1v) is 8.75. The quantitative estimate of drug-likeness (QED) is 0.331. The molecule has 2 atom stereocenters. The van der Waals surface area contributed by atoms with Crippen LogP contribution in [0.15, 0.2) is 30.3 Å². The van der Waals surface area contributed by atoms with E-state index >= 15 is 0 Å². The summed E-state index contributed by atoms with van der Waals surface area (Å²) in [6.45, 7) is 0.481. The number of fused-ring (bicyclic) bond motifs is 2. The number of hydroxylamine groups is 2. The van der Waals surface area contributed by atoms with E-state index in [-0.39, 0.29) is 42.0 Å². The third kappa shape index (κ3) is 4.72. The standard InChI is InChI=1S/C14H17N3O6S.Na/c18-13(15-8-10-4-2-1-3-5-10)12-7-6-11-9-16(12)14(19)17(11)23-24(20,21)22;/h1-5,11-12H,6-9H2,(H,15,18)(H,20,21,22);/q;+1/p-1/t11-,12-;/m1./s1. The molecule has 2 aliphatic rings. The number of urea groups is 1. The van der Waals surface area contributed by atoms with E-state index in [1.165, 1.54) is 4.90 Å². The van der Waals surface area contributed by atoms with E-state index < -0.39 is 28.5 Å². The van der Waals surface area contributed by atoms with Crippen LogP contribution < -0.4 is 34.9 Å². The molecule has 1 aromatic rings. The largest absolute Gasteiger partial charge is 1.00 e. The van der Waals surface area contributed by atoms with Crippen LogP contribution >= 0.6 is 0 Å². The van der Waals surface area contributed by atoms with Crippen molar-refractivity contribution in [1.29, 1.82) is 0 Å². The van der Waals surface area contributed by atoms with Crippen molar-refractivity contribution < 1.29 is 56.4 Å². The van der Waals surface area contributed by atoms with Gasteiger partial charge >= 0.3 is 35.6 Å². The summed E-state index contributed by atoms with van der Waals surface area (Å²) in [6, 6.07) is 7.29. The van der Waals surface area contributed by atoms with Crippen molar-refractivity contribution in [3.63, 3.8) is 0 Å². The van der Waals surface area contributed by atoms with Crippen LogP contribution in [0, 0.1) is 0 Å². The molecule has 2 fully saturated rings. The van der Waals surface area contributed by atoms with E-state index in [4.69, 9.17) is 0 Å².